The molecule has 0 bridgehead atoms. The van der Waals surface area contributed by atoms with Gasteiger partial charge in [-0.05, 0) is 37.1 Å². The zero-order chi connectivity index (χ0) is 25.0. The Balaban J connectivity index is 0.956. The molecule has 4 amide bonds. The van der Waals surface area contributed by atoms with Crippen molar-refractivity contribution in [3.05, 3.63) is 48.5 Å². The summed E-state index contributed by atoms with van der Waals surface area (Å²) in [6, 6.07) is 14.6. The summed E-state index contributed by atoms with van der Waals surface area (Å²) >= 11 is 0. The summed E-state index contributed by atoms with van der Waals surface area (Å²) in [4.78, 5) is 24.0. The lowest BCUT2D eigenvalue weighted by atomic mass is 10.2. The van der Waals surface area contributed by atoms with E-state index in [1.807, 2.05) is 48.5 Å². The van der Waals surface area contributed by atoms with Crippen molar-refractivity contribution in [2.75, 3.05) is 39.4 Å². The Bertz CT molecular complexity index is 924. The molecule has 0 spiro atoms. The molecule has 36 heavy (non-hydrogen) atoms. The first-order valence-corrected chi connectivity index (χ1v) is 12.5. The smallest absolute Gasteiger partial charge is 0.314 e. The number of hydrogen-bond donors (Lipinski definition) is 4. The fourth-order valence-electron chi connectivity index (χ4n) is 3.87. The van der Waals surface area contributed by atoms with Crippen LogP contribution >= 0.6 is 0 Å². The highest BCUT2D eigenvalue weighted by molar-refractivity contribution is 5.74. The summed E-state index contributed by atoms with van der Waals surface area (Å²) in [6.07, 6.45) is 3.25. The maximum atomic E-state index is 12.0. The monoisotopic (exact) mass is 498 g/mol. The molecular formula is C26H34N4O6. The maximum absolute atomic E-state index is 12.0. The summed E-state index contributed by atoms with van der Waals surface area (Å²) in [7, 11) is 0. The van der Waals surface area contributed by atoms with E-state index in [2.05, 4.69) is 21.3 Å². The van der Waals surface area contributed by atoms with Gasteiger partial charge in [-0.3, -0.25) is 0 Å². The Morgan fingerprint density at radius 2 is 1.03 bits per heavy atom. The first-order valence-electron chi connectivity index (χ1n) is 12.5. The topological polar surface area (TPSA) is 119 Å². The second kappa shape index (κ2) is 13.3. The summed E-state index contributed by atoms with van der Waals surface area (Å²) in [5.74, 6) is 2.85. The third-order valence-electron chi connectivity index (χ3n) is 5.79. The van der Waals surface area contributed by atoms with Crippen LogP contribution in [-0.4, -0.2) is 63.7 Å². The average Bonchev–Trinajstić information content (AvgIpc) is 2.92. The predicted molar refractivity (Wildman–Crippen MR) is 134 cm³/mol. The molecule has 2 aliphatic rings. The molecule has 0 aliphatic carbocycles. The van der Waals surface area contributed by atoms with Crippen molar-refractivity contribution >= 4 is 12.1 Å². The molecular weight excluding hydrogens is 464 g/mol. The Morgan fingerprint density at radius 1 is 0.611 bits per heavy atom. The van der Waals surface area contributed by atoms with Crippen LogP contribution < -0.4 is 40.2 Å². The fourth-order valence-corrected chi connectivity index (χ4v) is 3.87. The van der Waals surface area contributed by atoms with Gasteiger partial charge in [0, 0.05) is 13.1 Å². The van der Waals surface area contributed by atoms with E-state index >= 15 is 0 Å². The molecule has 10 heteroatoms. The Labute approximate surface area is 211 Å². The molecule has 2 aromatic rings. The molecule has 0 fully saturated rings. The number of fused-ring (bicyclic) bond motifs is 2. The minimum Gasteiger partial charge on any atom is -0.486 e. The lowest BCUT2D eigenvalue weighted by molar-refractivity contribution is 0.0918. The molecule has 0 radical (unpaired) electrons. The van der Waals surface area contributed by atoms with Crippen molar-refractivity contribution < 1.29 is 28.5 Å². The van der Waals surface area contributed by atoms with E-state index in [9.17, 15) is 9.59 Å². The fraction of sp³-hybridized carbons (Fsp3) is 0.462. The van der Waals surface area contributed by atoms with Gasteiger partial charge in [-0.15, -0.1) is 0 Å². The average molecular weight is 499 g/mol. The van der Waals surface area contributed by atoms with E-state index in [1.54, 1.807) is 0 Å². The Kier molecular flexibility index (Phi) is 9.35. The second-order valence-electron chi connectivity index (χ2n) is 8.68. The zero-order valence-corrected chi connectivity index (χ0v) is 20.3. The van der Waals surface area contributed by atoms with Crippen molar-refractivity contribution in [3.8, 4) is 23.0 Å². The van der Waals surface area contributed by atoms with Crippen LogP contribution in [0.3, 0.4) is 0 Å². The Morgan fingerprint density at radius 3 is 1.47 bits per heavy atom. The minimum absolute atomic E-state index is 0.212. The third-order valence-corrected chi connectivity index (χ3v) is 5.79. The first-order chi connectivity index (χ1) is 17.7. The van der Waals surface area contributed by atoms with Crippen molar-refractivity contribution in [1.29, 1.82) is 0 Å². The number of nitrogens with one attached hydrogen (secondary N) is 4. The van der Waals surface area contributed by atoms with Crippen molar-refractivity contribution in [3.63, 3.8) is 0 Å². The first kappa shape index (κ1) is 25.3. The van der Waals surface area contributed by atoms with Crippen molar-refractivity contribution in [2.24, 2.45) is 0 Å². The van der Waals surface area contributed by atoms with Gasteiger partial charge in [-0.25, -0.2) is 9.59 Å². The SMILES string of the molecule is O=C(NCCCCCCNC(=O)NC[C@H]1COc2ccccc2O1)NC[C@H]1COc2ccccc2O1. The molecule has 4 rings (SSSR count). The van der Waals surface area contributed by atoms with Gasteiger partial charge in [-0.1, -0.05) is 37.1 Å². The lowest BCUT2D eigenvalue weighted by Crippen LogP contribution is -2.44. The number of carbonyl (C=O) groups is 2. The normalized spacial score (nSPS) is 17.6. The van der Waals surface area contributed by atoms with E-state index in [1.165, 1.54) is 0 Å². The molecule has 0 aromatic heterocycles. The highest BCUT2D eigenvalue weighted by atomic mass is 16.6. The summed E-state index contributed by atoms with van der Waals surface area (Å²) in [6.45, 7) is 2.75. The lowest BCUT2D eigenvalue weighted by Gasteiger charge is -2.26. The summed E-state index contributed by atoms with van der Waals surface area (Å²) in [5, 5.41) is 11.4. The van der Waals surface area contributed by atoms with Crippen LogP contribution in [0.1, 0.15) is 25.7 Å². The van der Waals surface area contributed by atoms with Crippen LogP contribution in [0.25, 0.3) is 0 Å². The maximum Gasteiger partial charge on any atom is 0.314 e. The molecule has 194 valence electrons. The van der Waals surface area contributed by atoms with E-state index < -0.39 is 0 Å². The third kappa shape index (κ3) is 7.86. The highest BCUT2D eigenvalue weighted by Crippen LogP contribution is 2.31. The van der Waals surface area contributed by atoms with Crippen LogP contribution in [0, 0.1) is 0 Å². The standard InChI is InChI=1S/C26H34N4O6/c31-25(29-15-19-17-33-21-9-3-5-11-23(21)35-19)27-13-7-1-2-8-14-28-26(32)30-16-20-18-34-22-10-4-6-12-24(22)36-20/h3-6,9-12,19-20H,1-2,7-8,13-18H2,(H2,27,29,31)(H2,28,30,32)/t19-,20-/m0/s1. The van der Waals surface area contributed by atoms with Crippen molar-refractivity contribution in [1.82, 2.24) is 21.3 Å². The molecule has 2 aromatic carbocycles. The zero-order valence-electron chi connectivity index (χ0n) is 20.3. The van der Waals surface area contributed by atoms with Crippen LogP contribution in [0.15, 0.2) is 48.5 Å². The summed E-state index contributed by atoms with van der Waals surface area (Å²) < 4.78 is 22.9. The van der Waals surface area contributed by atoms with Gasteiger partial charge in [0.15, 0.2) is 35.2 Å². The number of rotatable bonds is 11. The van der Waals surface area contributed by atoms with Gasteiger partial charge in [0.2, 0.25) is 0 Å². The number of para-hydroxylation sites is 4. The van der Waals surface area contributed by atoms with Crippen molar-refractivity contribution in [2.45, 2.75) is 37.9 Å². The Hall–Kier alpha value is -3.82. The minimum atomic E-state index is -0.216. The molecule has 2 atom stereocenters. The quantitative estimate of drug-likeness (QED) is 0.354. The van der Waals surface area contributed by atoms with Gasteiger partial charge in [-0.2, -0.15) is 0 Å². The van der Waals surface area contributed by atoms with Gasteiger partial charge >= 0.3 is 12.1 Å². The molecule has 2 aliphatic heterocycles. The number of ether oxygens (including phenoxy) is 4. The van der Waals surface area contributed by atoms with E-state index in [0.29, 0.717) is 50.9 Å². The molecule has 0 saturated heterocycles. The van der Waals surface area contributed by atoms with E-state index in [4.69, 9.17) is 18.9 Å². The largest absolute Gasteiger partial charge is 0.486 e. The van der Waals surface area contributed by atoms with Gasteiger partial charge in [0.1, 0.15) is 13.2 Å². The van der Waals surface area contributed by atoms with Crippen LogP contribution in [-0.2, 0) is 0 Å². The highest BCUT2D eigenvalue weighted by Gasteiger charge is 2.22. The summed E-state index contributed by atoms with van der Waals surface area (Å²) in [5.41, 5.74) is 0. The predicted octanol–water partition coefficient (Wildman–Crippen LogP) is 2.83. The number of carbonyl (C=O) groups excluding carboxylic acids is 2. The number of amides is 4. The van der Waals surface area contributed by atoms with Gasteiger partial charge in [0.25, 0.3) is 0 Å². The van der Waals surface area contributed by atoms with E-state index in [0.717, 1.165) is 37.2 Å². The van der Waals surface area contributed by atoms with Crippen LogP contribution in [0.4, 0.5) is 9.59 Å². The second-order valence-corrected chi connectivity index (χ2v) is 8.68. The number of unbranched alkanes of at least 4 members (excludes halogenated alkanes) is 3. The number of benzene rings is 2. The number of urea groups is 2. The molecule has 0 saturated carbocycles. The van der Waals surface area contributed by atoms with Crippen LogP contribution in [0.2, 0.25) is 0 Å². The van der Waals surface area contributed by atoms with E-state index in [-0.39, 0.29) is 24.3 Å². The molecule has 4 N–H and O–H groups in total. The van der Waals surface area contributed by atoms with Gasteiger partial charge < -0.3 is 40.2 Å². The molecule has 10 nitrogen and oxygen atoms in total. The van der Waals surface area contributed by atoms with Crippen LogP contribution in [0.5, 0.6) is 23.0 Å². The molecule has 2 heterocycles. The molecule has 0 unspecified atom stereocenters. The number of hydrogen-bond acceptors (Lipinski definition) is 6. The van der Waals surface area contributed by atoms with Gasteiger partial charge in [0.05, 0.1) is 13.1 Å².